The maximum Gasteiger partial charge on any atom is 0.347 e. The molecule has 0 aliphatic carbocycles. The number of nitrogens with zero attached hydrogens (tertiary/aromatic N) is 1. The average Bonchev–Trinajstić information content (AvgIpc) is 3.67. The molecule has 3 heterocycles. The lowest BCUT2D eigenvalue weighted by Crippen LogP contribution is -2.51. The van der Waals surface area contributed by atoms with Crippen LogP contribution in [-0.4, -0.2) is 59.6 Å². The van der Waals surface area contributed by atoms with Crippen LogP contribution < -0.4 is 10.6 Å². The maximum absolute atomic E-state index is 13.6. The van der Waals surface area contributed by atoms with Crippen LogP contribution in [0, 0.1) is 31.1 Å². The fourth-order valence-electron chi connectivity index (χ4n) is 5.23. The molecule has 4 rings (SSSR count). The zero-order valence-electron chi connectivity index (χ0n) is 27.4. The van der Waals surface area contributed by atoms with Gasteiger partial charge in [-0.05, 0) is 63.3 Å². The highest BCUT2D eigenvalue weighted by atomic mass is 35.5. The van der Waals surface area contributed by atoms with E-state index in [1.807, 2.05) is 52.1 Å². The van der Waals surface area contributed by atoms with E-state index in [1.165, 1.54) is 17.4 Å². The van der Waals surface area contributed by atoms with E-state index in [-0.39, 0.29) is 49.9 Å². The molecule has 0 saturated carbocycles. The van der Waals surface area contributed by atoms with Crippen LogP contribution >= 0.6 is 22.9 Å². The van der Waals surface area contributed by atoms with E-state index in [4.69, 9.17) is 25.8 Å². The molecule has 2 aliphatic rings. The highest BCUT2D eigenvalue weighted by Crippen LogP contribution is 2.45. The largest absolute Gasteiger partial charge is 0.459 e. The van der Waals surface area contributed by atoms with Crippen LogP contribution in [0.4, 0.5) is 0 Å². The van der Waals surface area contributed by atoms with Gasteiger partial charge >= 0.3 is 11.9 Å². The van der Waals surface area contributed by atoms with Crippen molar-refractivity contribution in [3.05, 3.63) is 62.6 Å². The number of amides is 2. The lowest BCUT2D eigenvalue weighted by molar-refractivity contribution is -0.179. The molecule has 6 atom stereocenters. The molecule has 0 spiro atoms. The van der Waals surface area contributed by atoms with Gasteiger partial charge < -0.3 is 24.8 Å². The van der Waals surface area contributed by atoms with E-state index < -0.39 is 47.4 Å². The number of aryl methyl sites for hydroxylation is 2. The molecule has 1 aromatic heterocycles. The molecule has 1 saturated heterocycles. The Labute approximate surface area is 279 Å². The Morgan fingerprint density at radius 2 is 1.85 bits per heavy atom. The van der Waals surface area contributed by atoms with Crippen molar-refractivity contribution in [2.75, 3.05) is 6.54 Å². The summed E-state index contributed by atoms with van der Waals surface area (Å²) >= 11 is 7.86. The zero-order chi connectivity index (χ0) is 33.8. The molecule has 250 valence electrons. The molecule has 12 heteroatoms. The number of hydrogen-bond donors (Lipinski definition) is 2. The van der Waals surface area contributed by atoms with Crippen molar-refractivity contribution < 1.29 is 33.4 Å². The Kier molecular flexibility index (Phi) is 11.7. The van der Waals surface area contributed by atoms with Gasteiger partial charge in [-0.2, -0.15) is 0 Å². The fourth-order valence-corrected chi connectivity index (χ4v) is 6.07. The number of halogens is 1. The number of benzene rings is 1. The monoisotopic (exact) mass is 673 g/mol. The molecular weight excluding hydrogens is 630 g/mol. The second-order valence-corrected chi connectivity index (χ2v) is 14.7. The Balaban J connectivity index is 1.61. The van der Waals surface area contributed by atoms with Crippen LogP contribution in [0.2, 0.25) is 5.02 Å². The molecule has 0 radical (unpaired) electrons. The van der Waals surface area contributed by atoms with Gasteiger partial charge in [-0.25, -0.2) is 9.78 Å². The summed E-state index contributed by atoms with van der Waals surface area (Å²) in [5.74, 6) is -2.51. The third kappa shape index (κ3) is 9.39. The minimum atomic E-state index is -1.18. The van der Waals surface area contributed by atoms with Gasteiger partial charge in [-0.15, -0.1) is 11.3 Å². The number of esters is 2. The van der Waals surface area contributed by atoms with Gasteiger partial charge in [-0.1, -0.05) is 50.6 Å². The van der Waals surface area contributed by atoms with E-state index in [1.54, 1.807) is 26.0 Å². The van der Waals surface area contributed by atoms with Gasteiger partial charge in [0.2, 0.25) is 11.8 Å². The van der Waals surface area contributed by atoms with E-state index in [0.717, 1.165) is 21.8 Å². The second kappa shape index (κ2) is 15.1. The summed E-state index contributed by atoms with van der Waals surface area (Å²) in [5, 5.41) is 9.01. The zero-order valence-corrected chi connectivity index (χ0v) is 29.0. The minimum Gasteiger partial charge on any atom is -0.459 e. The minimum absolute atomic E-state index is 0.0262. The highest BCUT2D eigenvalue weighted by Gasteiger charge is 2.49. The summed E-state index contributed by atoms with van der Waals surface area (Å²) < 4.78 is 17.8. The van der Waals surface area contributed by atoms with Crippen LogP contribution in [0.5, 0.6) is 0 Å². The average molecular weight is 674 g/mol. The summed E-state index contributed by atoms with van der Waals surface area (Å²) in [6.45, 7) is 12.8. The smallest absolute Gasteiger partial charge is 0.347 e. The van der Waals surface area contributed by atoms with Crippen LogP contribution in [-0.2, 0) is 39.8 Å². The van der Waals surface area contributed by atoms with Crippen molar-refractivity contribution in [2.24, 2.45) is 17.3 Å². The molecule has 1 fully saturated rings. The van der Waals surface area contributed by atoms with Gasteiger partial charge in [0.15, 0.2) is 6.10 Å². The third-order valence-electron chi connectivity index (χ3n) is 8.23. The van der Waals surface area contributed by atoms with Crippen LogP contribution in [0.3, 0.4) is 0 Å². The van der Waals surface area contributed by atoms with Crippen LogP contribution in [0.25, 0.3) is 0 Å². The summed E-state index contributed by atoms with van der Waals surface area (Å²) in [5.41, 5.74) is 1.31. The number of cyclic esters (lactones) is 2. The van der Waals surface area contributed by atoms with E-state index in [9.17, 15) is 19.2 Å². The van der Waals surface area contributed by atoms with Crippen molar-refractivity contribution in [1.29, 1.82) is 0 Å². The quantitative estimate of drug-likeness (QED) is 0.303. The van der Waals surface area contributed by atoms with E-state index in [0.29, 0.717) is 5.02 Å². The number of carbonyl (C=O) groups is 4. The number of rotatable bonds is 7. The standard InChI is InChI=1S/C34H44ClN3O7S/c1-18(2)13-27-32(41)43-26(20(4)29-30(45-29)25-16-46-21(5)37-25)9-8-10-28(39)38-24(15-22-12-11-19(3)23(35)14-22)31(40)36-17-34(6,7)33(42)44-27/h8,10-12,14,16,18,20,24,26-27,29-30H,9,13,15,17H2,1-7H3,(H,36,40)(H,38,39)/b10-8+. The van der Waals surface area contributed by atoms with Crippen molar-refractivity contribution in [3.63, 3.8) is 0 Å². The predicted molar refractivity (Wildman–Crippen MR) is 175 cm³/mol. The fraction of sp³-hybridized carbons (Fsp3) is 0.559. The number of aromatic nitrogens is 1. The highest BCUT2D eigenvalue weighted by molar-refractivity contribution is 7.09. The van der Waals surface area contributed by atoms with Crippen molar-refractivity contribution >= 4 is 46.7 Å². The SMILES string of the molecule is Cc1nc(C2OC2C(C)C2C/C=C/C(=O)NC(Cc3ccc(C)c(Cl)c3)C(=O)NCC(C)(C)C(=O)OC(CC(C)C)C(=O)O2)cs1. The topological polar surface area (TPSA) is 136 Å². The Bertz CT molecular complexity index is 1470. The van der Waals surface area contributed by atoms with Gasteiger partial charge in [-0.3, -0.25) is 14.4 Å². The Morgan fingerprint density at radius 1 is 1.11 bits per heavy atom. The summed E-state index contributed by atoms with van der Waals surface area (Å²) in [6.07, 6.45) is 1.30. The summed E-state index contributed by atoms with van der Waals surface area (Å²) in [4.78, 5) is 58.0. The number of epoxide rings is 1. The van der Waals surface area contributed by atoms with Gasteiger partial charge in [0.25, 0.3) is 0 Å². The summed E-state index contributed by atoms with van der Waals surface area (Å²) in [7, 11) is 0. The number of nitrogens with one attached hydrogen (secondary N) is 2. The van der Waals surface area contributed by atoms with Gasteiger partial charge in [0.1, 0.15) is 18.2 Å². The van der Waals surface area contributed by atoms with Gasteiger partial charge in [0, 0.05) is 35.7 Å². The molecule has 2 aliphatic heterocycles. The van der Waals surface area contributed by atoms with Crippen LogP contribution in [0.1, 0.15) is 75.4 Å². The molecule has 0 bridgehead atoms. The maximum atomic E-state index is 13.6. The molecule has 2 aromatic rings. The molecular formula is C34H44ClN3O7S. The van der Waals surface area contributed by atoms with Crippen molar-refractivity contribution in [1.82, 2.24) is 15.6 Å². The lowest BCUT2D eigenvalue weighted by atomic mass is 9.93. The molecule has 6 unspecified atom stereocenters. The number of carbonyl (C=O) groups excluding carboxylic acids is 4. The van der Waals surface area contributed by atoms with Crippen LogP contribution in [0.15, 0.2) is 35.7 Å². The molecule has 10 nitrogen and oxygen atoms in total. The second-order valence-electron chi connectivity index (χ2n) is 13.3. The normalized spacial score (nSPS) is 27.3. The van der Waals surface area contributed by atoms with E-state index in [2.05, 4.69) is 15.6 Å². The first-order valence-corrected chi connectivity index (χ1v) is 16.9. The molecule has 1 aromatic carbocycles. The molecule has 2 N–H and O–H groups in total. The first-order valence-electron chi connectivity index (χ1n) is 15.6. The van der Waals surface area contributed by atoms with Gasteiger partial charge in [0.05, 0.1) is 22.2 Å². The number of thiazole rings is 1. The third-order valence-corrected chi connectivity index (χ3v) is 9.43. The first-order chi connectivity index (χ1) is 21.6. The molecule has 2 amide bonds. The molecule has 46 heavy (non-hydrogen) atoms. The number of hydrogen-bond acceptors (Lipinski definition) is 9. The number of ether oxygens (including phenoxy) is 3. The Hall–Kier alpha value is -3.28. The lowest BCUT2D eigenvalue weighted by Gasteiger charge is -2.29. The van der Waals surface area contributed by atoms with E-state index >= 15 is 0 Å². The Morgan fingerprint density at radius 3 is 2.50 bits per heavy atom. The van der Waals surface area contributed by atoms with Crippen molar-refractivity contribution in [3.8, 4) is 0 Å². The first kappa shape index (κ1) is 35.6. The van der Waals surface area contributed by atoms with Crippen molar-refractivity contribution in [2.45, 2.75) is 98.2 Å². The summed E-state index contributed by atoms with van der Waals surface area (Å²) in [6, 6.07) is 4.53. The predicted octanol–water partition coefficient (Wildman–Crippen LogP) is 5.19.